The third kappa shape index (κ3) is 1.78. The molecule has 0 bridgehead atoms. The van der Waals surface area contributed by atoms with Crippen LogP contribution in [0.1, 0.15) is 0 Å². The van der Waals surface area contributed by atoms with Gasteiger partial charge < -0.3 is 8.83 Å². The second-order valence-electron chi connectivity index (χ2n) is 7.90. The Morgan fingerprint density at radius 1 is 0.645 bits per heavy atom. The molecule has 0 aliphatic heterocycles. The zero-order valence-corrected chi connectivity index (χ0v) is 16.2. The highest BCUT2D eigenvalue weighted by molar-refractivity contribution is 6.26. The number of imidazole rings is 1. The Hall–Kier alpha value is -4.38. The second kappa shape index (κ2) is 5.21. The van der Waals surface area contributed by atoms with Gasteiger partial charge in [0.2, 0.25) is 0 Å². The zero-order valence-electron chi connectivity index (χ0n) is 16.2. The van der Waals surface area contributed by atoms with Crippen molar-refractivity contribution >= 4 is 71.2 Å². The molecule has 144 valence electrons. The van der Waals surface area contributed by atoms with E-state index in [1.807, 2.05) is 48.9 Å². The first-order chi connectivity index (χ1) is 15.4. The Bertz CT molecular complexity index is 2010. The van der Waals surface area contributed by atoms with Crippen LogP contribution >= 0.6 is 0 Å². The van der Waals surface area contributed by atoms with E-state index in [1.165, 1.54) is 0 Å². The maximum Gasteiger partial charge on any atom is 0.160 e. The van der Waals surface area contributed by atoms with Crippen molar-refractivity contribution in [2.24, 2.45) is 0 Å². The molecule has 0 saturated heterocycles. The van der Waals surface area contributed by atoms with Gasteiger partial charge in [0.05, 0.1) is 10.9 Å². The SMILES string of the molecule is c1ccc2c(c1)oc1c2ccc2oc3c(ccc4c5cnccc5c5nccn5c43)c21. The van der Waals surface area contributed by atoms with Gasteiger partial charge in [0.1, 0.15) is 22.4 Å². The number of benzene rings is 3. The number of aromatic nitrogens is 3. The minimum absolute atomic E-state index is 0.814. The molecule has 5 heteroatoms. The fourth-order valence-corrected chi connectivity index (χ4v) is 5.04. The highest BCUT2D eigenvalue weighted by Crippen LogP contribution is 2.42. The second-order valence-corrected chi connectivity index (χ2v) is 7.90. The average Bonchev–Trinajstić information content (AvgIpc) is 3.53. The van der Waals surface area contributed by atoms with Crippen LogP contribution in [0.5, 0.6) is 0 Å². The number of hydrogen-bond donors (Lipinski definition) is 0. The van der Waals surface area contributed by atoms with Crippen LogP contribution in [0.2, 0.25) is 0 Å². The Labute approximate surface area is 174 Å². The minimum atomic E-state index is 0.814. The van der Waals surface area contributed by atoms with Gasteiger partial charge >= 0.3 is 0 Å². The lowest BCUT2D eigenvalue weighted by Gasteiger charge is -2.08. The van der Waals surface area contributed by atoms with Crippen LogP contribution in [0.3, 0.4) is 0 Å². The summed E-state index contributed by atoms with van der Waals surface area (Å²) in [6.45, 7) is 0. The molecule has 31 heavy (non-hydrogen) atoms. The number of furan rings is 2. The first-order valence-electron chi connectivity index (χ1n) is 10.2. The number of hydrogen-bond acceptors (Lipinski definition) is 4. The summed E-state index contributed by atoms with van der Waals surface area (Å²) >= 11 is 0. The Morgan fingerprint density at radius 2 is 1.52 bits per heavy atom. The van der Waals surface area contributed by atoms with E-state index < -0.39 is 0 Å². The van der Waals surface area contributed by atoms with Gasteiger partial charge in [-0.1, -0.05) is 24.3 Å². The lowest BCUT2D eigenvalue weighted by atomic mass is 10.0. The minimum Gasteiger partial charge on any atom is -0.455 e. The molecule has 3 aromatic carbocycles. The van der Waals surface area contributed by atoms with Crippen LogP contribution < -0.4 is 0 Å². The van der Waals surface area contributed by atoms with Crippen molar-refractivity contribution in [3.05, 3.63) is 79.4 Å². The van der Waals surface area contributed by atoms with Crippen molar-refractivity contribution in [3.8, 4) is 0 Å². The third-order valence-corrected chi connectivity index (χ3v) is 6.36. The van der Waals surface area contributed by atoms with Gasteiger partial charge in [-0.25, -0.2) is 4.98 Å². The largest absolute Gasteiger partial charge is 0.455 e. The van der Waals surface area contributed by atoms with Crippen molar-refractivity contribution in [3.63, 3.8) is 0 Å². The van der Waals surface area contributed by atoms with Gasteiger partial charge in [-0.05, 0) is 30.3 Å². The molecule has 5 aromatic heterocycles. The number of fused-ring (bicyclic) bond motifs is 14. The number of rotatable bonds is 0. The van der Waals surface area contributed by atoms with Crippen LogP contribution in [-0.2, 0) is 0 Å². The van der Waals surface area contributed by atoms with Crippen molar-refractivity contribution in [2.45, 2.75) is 0 Å². The number of pyridine rings is 2. The quantitative estimate of drug-likeness (QED) is 0.262. The predicted molar refractivity (Wildman–Crippen MR) is 123 cm³/mol. The molecular formula is C26H13N3O2. The van der Waals surface area contributed by atoms with Gasteiger partial charge in [-0.3, -0.25) is 9.38 Å². The van der Waals surface area contributed by atoms with Crippen molar-refractivity contribution in [2.75, 3.05) is 0 Å². The summed E-state index contributed by atoms with van der Waals surface area (Å²) in [5, 5.41) is 7.47. The fraction of sp³-hybridized carbons (Fsp3) is 0. The van der Waals surface area contributed by atoms with Crippen molar-refractivity contribution < 1.29 is 8.83 Å². The molecule has 5 nitrogen and oxygen atoms in total. The molecule has 8 rings (SSSR count). The van der Waals surface area contributed by atoms with E-state index in [4.69, 9.17) is 8.83 Å². The average molecular weight is 399 g/mol. The Kier molecular flexibility index (Phi) is 2.60. The summed E-state index contributed by atoms with van der Waals surface area (Å²) < 4.78 is 14.9. The molecule has 5 heterocycles. The first kappa shape index (κ1) is 15.5. The molecule has 0 atom stereocenters. The van der Waals surface area contributed by atoms with Crippen molar-refractivity contribution in [1.82, 2.24) is 14.4 Å². The van der Waals surface area contributed by atoms with Gasteiger partial charge in [0.15, 0.2) is 5.58 Å². The van der Waals surface area contributed by atoms with Crippen molar-refractivity contribution in [1.29, 1.82) is 0 Å². The Morgan fingerprint density at radius 3 is 2.52 bits per heavy atom. The molecule has 0 saturated carbocycles. The lowest BCUT2D eigenvalue weighted by molar-refractivity contribution is 0.664. The molecule has 0 unspecified atom stereocenters. The summed E-state index contributed by atoms with van der Waals surface area (Å²) in [6.07, 6.45) is 7.52. The van der Waals surface area contributed by atoms with Gasteiger partial charge in [-0.15, -0.1) is 0 Å². The highest BCUT2D eigenvalue weighted by atomic mass is 16.3. The van der Waals surface area contributed by atoms with E-state index in [9.17, 15) is 0 Å². The fourth-order valence-electron chi connectivity index (χ4n) is 5.04. The van der Waals surface area contributed by atoms with Crippen LogP contribution in [-0.4, -0.2) is 14.4 Å². The first-order valence-corrected chi connectivity index (χ1v) is 10.2. The van der Waals surface area contributed by atoms with Crippen LogP contribution in [0.15, 0.2) is 88.2 Å². The van der Waals surface area contributed by atoms with Gasteiger partial charge in [-0.2, -0.15) is 0 Å². The summed E-state index contributed by atoms with van der Waals surface area (Å²) in [5.74, 6) is 0. The third-order valence-electron chi connectivity index (χ3n) is 6.36. The standard InChI is InChI=1S/C26H13N3O2/c1-2-4-20-14(3-1)16-7-8-21-22(24(16)30-20)18-6-5-15-19-13-27-10-9-17(19)26-28-11-12-29(26)23(15)25(18)31-21/h1-13H. The predicted octanol–water partition coefficient (Wildman–Crippen LogP) is 6.83. The maximum atomic E-state index is 6.47. The number of nitrogens with zero attached hydrogens (tertiary/aromatic N) is 3. The molecule has 0 aliphatic rings. The molecule has 8 aromatic rings. The van der Waals surface area contributed by atoms with E-state index in [1.54, 1.807) is 6.20 Å². The van der Waals surface area contributed by atoms with Gasteiger partial charge in [0, 0.05) is 57.1 Å². The molecular weight excluding hydrogens is 386 g/mol. The highest BCUT2D eigenvalue weighted by Gasteiger charge is 2.20. The molecule has 0 amide bonds. The van der Waals surface area contributed by atoms with Gasteiger partial charge in [0.25, 0.3) is 0 Å². The van der Waals surface area contributed by atoms with E-state index in [2.05, 4.69) is 38.6 Å². The summed E-state index contributed by atoms with van der Waals surface area (Å²) in [4.78, 5) is 8.97. The number of para-hydroxylation sites is 1. The van der Waals surface area contributed by atoms with E-state index in [-0.39, 0.29) is 0 Å². The topological polar surface area (TPSA) is 56.5 Å². The summed E-state index contributed by atoms with van der Waals surface area (Å²) in [7, 11) is 0. The Balaban J connectivity index is 1.66. The monoisotopic (exact) mass is 399 g/mol. The zero-order chi connectivity index (χ0) is 20.1. The van der Waals surface area contributed by atoms with Crippen LogP contribution in [0.4, 0.5) is 0 Å². The maximum absolute atomic E-state index is 6.47. The molecule has 0 radical (unpaired) electrons. The van der Waals surface area contributed by atoms with Crippen LogP contribution in [0, 0.1) is 0 Å². The van der Waals surface area contributed by atoms with E-state index in [0.29, 0.717) is 0 Å². The molecule has 0 spiro atoms. The van der Waals surface area contributed by atoms with Crippen LogP contribution in [0.25, 0.3) is 71.2 Å². The molecule has 0 aliphatic carbocycles. The van der Waals surface area contributed by atoms with E-state index in [0.717, 1.165) is 71.2 Å². The molecule has 0 N–H and O–H groups in total. The lowest BCUT2D eigenvalue weighted by Crippen LogP contribution is -1.91. The molecule has 0 fully saturated rings. The normalized spacial score (nSPS) is 12.5. The summed E-state index contributed by atoms with van der Waals surface area (Å²) in [5.41, 5.74) is 5.27. The summed E-state index contributed by atoms with van der Waals surface area (Å²) in [6, 6.07) is 18.6. The van der Waals surface area contributed by atoms with E-state index >= 15 is 0 Å². The smallest absolute Gasteiger partial charge is 0.160 e.